The zero-order valence-corrected chi connectivity index (χ0v) is 18.8. The molecule has 2 aromatic carbocycles. The smallest absolute Gasteiger partial charge is 0.344 e. The lowest BCUT2D eigenvalue weighted by Crippen LogP contribution is -2.27. The van der Waals surface area contributed by atoms with Crippen molar-refractivity contribution in [2.45, 2.75) is 72.8 Å². The minimum absolute atomic E-state index is 0.0962. The van der Waals surface area contributed by atoms with Crippen LogP contribution in [0.4, 0.5) is 0 Å². The highest BCUT2D eigenvalue weighted by Crippen LogP contribution is 2.28. The summed E-state index contributed by atoms with van der Waals surface area (Å²) in [4.78, 5) is 11.9. The van der Waals surface area contributed by atoms with Crippen LogP contribution in [0.15, 0.2) is 30.3 Å². The molecule has 4 nitrogen and oxygen atoms in total. The average molecular weight is 399 g/mol. The maximum absolute atomic E-state index is 11.9. The fourth-order valence-corrected chi connectivity index (χ4v) is 3.44. The van der Waals surface area contributed by atoms with Gasteiger partial charge in [-0.1, -0.05) is 26.0 Å². The molecule has 0 saturated heterocycles. The molecule has 0 aliphatic heterocycles. The third-order valence-electron chi connectivity index (χ3n) is 4.82. The quantitative estimate of drug-likeness (QED) is 0.613. The molecule has 0 heterocycles. The zero-order valence-electron chi connectivity index (χ0n) is 18.8. The van der Waals surface area contributed by atoms with Crippen LogP contribution in [0.2, 0.25) is 0 Å². The van der Waals surface area contributed by atoms with Gasteiger partial charge in [0.15, 0.2) is 6.61 Å². The fraction of sp³-hybridized carbons (Fsp3) is 0.480. The van der Waals surface area contributed by atoms with Crippen LogP contribution in [0.3, 0.4) is 0 Å². The van der Waals surface area contributed by atoms with Crippen LogP contribution in [-0.2, 0) is 22.4 Å². The molecular formula is C25H34O4. The van der Waals surface area contributed by atoms with Crippen molar-refractivity contribution in [1.82, 2.24) is 0 Å². The van der Waals surface area contributed by atoms with Crippen molar-refractivity contribution in [1.29, 1.82) is 0 Å². The van der Waals surface area contributed by atoms with Crippen molar-refractivity contribution in [3.05, 3.63) is 58.1 Å². The summed E-state index contributed by atoms with van der Waals surface area (Å²) < 4.78 is 10.9. The van der Waals surface area contributed by atoms with E-state index in [9.17, 15) is 9.90 Å². The van der Waals surface area contributed by atoms with Crippen molar-refractivity contribution < 1.29 is 19.4 Å². The molecule has 0 aliphatic rings. The van der Waals surface area contributed by atoms with Gasteiger partial charge in [0.2, 0.25) is 0 Å². The molecule has 0 bridgehead atoms. The molecule has 4 heteroatoms. The summed E-state index contributed by atoms with van der Waals surface area (Å²) in [5, 5.41) is 10.0. The van der Waals surface area contributed by atoms with E-state index in [1.165, 1.54) is 11.1 Å². The zero-order chi connectivity index (χ0) is 21.8. The number of hydrogen-bond acceptors (Lipinski definition) is 4. The number of rotatable bonds is 7. The standard InChI is InChI=1S/C25H34O4/c1-16(2)22-14-19(9-11-23(22)26)8-10-21-17(3)12-20(13-18(21)4)28-15-24(27)29-25(5,6)7/h9,11-14,16,26H,8,10,15H2,1-7H3. The summed E-state index contributed by atoms with van der Waals surface area (Å²) in [6.07, 6.45) is 1.81. The molecule has 0 fully saturated rings. The second kappa shape index (κ2) is 9.34. The lowest BCUT2D eigenvalue weighted by atomic mass is 9.93. The number of esters is 1. The summed E-state index contributed by atoms with van der Waals surface area (Å²) in [7, 11) is 0. The number of benzene rings is 2. The minimum atomic E-state index is -0.514. The molecule has 158 valence electrons. The molecule has 0 atom stereocenters. The Morgan fingerprint density at radius 2 is 1.66 bits per heavy atom. The van der Waals surface area contributed by atoms with Gasteiger partial charge in [0.05, 0.1) is 0 Å². The van der Waals surface area contributed by atoms with Crippen LogP contribution in [0.5, 0.6) is 11.5 Å². The van der Waals surface area contributed by atoms with E-state index in [1.807, 2.05) is 39.0 Å². The van der Waals surface area contributed by atoms with Crippen LogP contribution in [0, 0.1) is 13.8 Å². The second-order valence-corrected chi connectivity index (χ2v) is 8.96. The molecule has 0 unspecified atom stereocenters. The van der Waals surface area contributed by atoms with E-state index >= 15 is 0 Å². The maximum atomic E-state index is 11.9. The predicted octanol–water partition coefficient (Wildman–Crippen LogP) is 5.64. The Labute approximate surface area is 174 Å². The van der Waals surface area contributed by atoms with Crippen LogP contribution in [-0.4, -0.2) is 23.3 Å². The van der Waals surface area contributed by atoms with E-state index in [-0.39, 0.29) is 12.6 Å². The summed E-state index contributed by atoms with van der Waals surface area (Å²) in [5.41, 5.74) is 5.27. The Hall–Kier alpha value is -2.49. The van der Waals surface area contributed by atoms with Crippen LogP contribution in [0.1, 0.15) is 68.4 Å². The Bertz CT molecular complexity index is 837. The summed E-state index contributed by atoms with van der Waals surface area (Å²) in [6, 6.07) is 9.83. The second-order valence-electron chi connectivity index (χ2n) is 8.96. The molecule has 0 amide bonds. The SMILES string of the molecule is Cc1cc(OCC(=O)OC(C)(C)C)cc(C)c1CCc1ccc(O)c(C(C)C)c1. The van der Waals surface area contributed by atoms with E-state index in [4.69, 9.17) is 9.47 Å². The molecule has 0 saturated carbocycles. The number of phenols is 1. The van der Waals surface area contributed by atoms with Gasteiger partial charge >= 0.3 is 5.97 Å². The normalized spacial score (nSPS) is 11.6. The Balaban J connectivity index is 2.04. The minimum Gasteiger partial charge on any atom is -0.508 e. The Morgan fingerprint density at radius 1 is 1.03 bits per heavy atom. The van der Waals surface area contributed by atoms with E-state index in [0.29, 0.717) is 17.4 Å². The number of carbonyl (C=O) groups is 1. The van der Waals surface area contributed by atoms with Gasteiger partial charge in [0.25, 0.3) is 0 Å². The lowest BCUT2D eigenvalue weighted by Gasteiger charge is -2.20. The molecule has 0 aliphatic carbocycles. The molecule has 1 N–H and O–H groups in total. The van der Waals surface area contributed by atoms with Gasteiger partial charge < -0.3 is 14.6 Å². The van der Waals surface area contributed by atoms with E-state index < -0.39 is 5.60 Å². The van der Waals surface area contributed by atoms with E-state index in [1.54, 1.807) is 6.07 Å². The van der Waals surface area contributed by atoms with Gasteiger partial charge in [-0.3, -0.25) is 0 Å². The monoisotopic (exact) mass is 398 g/mol. The van der Waals surface area contributed by atoms with Gasteiger partial charge in [0, 0.05) is 0 Å². The summed E-state index contributed by atoms with van der Waals surface area (Å²) in [6.45, 7) is 13.7. The van der Waals surface area contributed by atoms with E-state index in [2.05, 4.69) is 33.8 Å². The highest BCUT2D eigenvalue weighted by molar-refractivity contribution is 5.71. The van der Waals surface area contributed by atoms with Gasteiger partial charge in [-0.15, -0.1) is 0 Å². The van der Waals surface area contributed by atoms with Gasteiger partial charge in [-0.25, -0.2) is 4.79 Å². The highest BCUT2D eigenvalue weighted by Gasteiger charge is 2.17. The molecule has 0 aromatic heterocycles. The van der Waals surface area contributed by atoms with Gasteiger partial charge in [-0.2, -0.15) is 0 Å². The van der Waals surface area contributed by atoms with Crippen molar-refractivity contribution in [3.8, 4) is 11.5 Å². The third-order valence-corrected chi connectivity index (χ3v) is 4.82. The number of aryl methyl sites for hydroxylation is 3. The fourth-order valence-electron chi connectivity index (χ4n) is 3.44. The third kappa shape index (κ3) is 6.81. The first-order chi connectivity index (χ1) is 13.5. The molecule has 29 heavy (non-hydrogen) atoms. The number of phenolic OH excluding ortho intramolecular Hbond substituents is 1. The number of hydrogen-bond donors (Lipinski definition) is 1. The maximum Gasteiger partial charge on any atom is 0.344 e. The average Bonchev–Trinajstić information content (AvgIpc) is 2.58. The Morgan fingerprint density at radius 3 is 2.21 bits per heavy atom. The van der Waals surface area contributed by atoms with Crippen molar-refractivity contribution in [2.24, 2.45) is 0 Å². The largest absolute Gasteiger partial charge is 0.508 e. The molecule has 2 rings (SSSR count). The molecule has 0 spiro atoms. The number of ether oxygens (including phenoxy) is 2. The molecule has 2 aromatic rings. The summed E-state index contributed by atoms with van der Waals surface area (Å²) in [5.74, 6) is 0.967. The first kappa shape index (κ1) is 22.8. The van der Waals surface area contributed by atoms with Crippen molar-refractivity contribution >= 4 is 5.97 Å². The Kier molecular flexibility index (Phi) is 7.34. The summed E-state index contributed by atoms with van der Waals surface area (Å²) >= 11 is 0. The predicted molar refractivity (Wildman–Crippen MR) is 117 cm³/mol. The first-order valence-corrected chi connectivity index (χ1v) is 10.2. The van der Waals surface area contributed by atoms with Crippen molar-refractivity contribution in [2.75, 3.05) is 6.61 Å². The van der Waals surface area contributed by atoms with Crippen molar-refractivity contribution in [3.63, 3.8) is 0 Å². The van der Waals surface area contributed by atoms with Crippen LogP contribution < -0.4 is 4.74 Å². The molecular weight excluding hydrogens is 364 g/mol. The number of aromatic hydroxyl groups is 1. The first-order valence-electron chi connectivity index (χ1n) is 10.2. The topological polar surface area (TPSA) is 55.8 Å². The van der Waals surface area contributed by atoms with Gasteiger partial charge in [0.1, 0.15) is 17.1 Å². The van der Waals surface area contributed by atoms with Crippen LogP contribution >= 0.6 is 0 Å². The lowest BCUT2D eigenvalue weighted by molar-refractivity contribution is -0.157. The molecule has 0 radical (unpaired) electrons. The highest BCUT2D eigenvalue weighted by atomic mass is 16.6. The van der Waals surface area contributed by atoms with E-state index in [0.717, 1.165) is 29.5 Å². The van der Waals surface area contributed by atoms with Crippen LogP contribution in [0.25, 0.3) is 0 Å². The van der Waals surface area contributed by atoms with Gasteiger partial charge in [-0.05, 0) is 99.4 Å². The number of carbonyl (C=O) groups excluding carboxylic acids is 1.